The molecule has 2 aromatic carbocycles. The van der Waals surface area contributed by atoms with Gasteiger partial charge in [-0.05, 0) is 101 Å². The Morgan fingerprint density at radius 2 is 1.25 bits per heavy atom. The largest absolute Gasteiger partial charge is 0.505 e. The molecule has 13 amide bonds. The second kappa shape index (κ2) is 43.7. The van der Waals surface area contributed by atoms with E-state index in [0.29, 0.717) is 46.4 Å². The van der Waals surface area contributed by atoms with Crippen LogP contribution in [0.25, 0.3) is 0 Å². The maximum absolute atomic E-state index is 15.7. The number of aromatic nitrogens is 1. The van der Waals surface area contributed by atoms with Crippen LogP contribution < -0.4 is 37.2 Å². The van der Waals surface area contributed by atoms with Gasteiger partial charge >= 0.3 is 11.9 Å². The summed E-state index contributed by atoms with van der Waals surface area (Å²) in [4.78, 5) is 222. The van der Waals surface area contributed by atoms with E-state index in [0.717, 1.165) is 20.8 Å². The average Bonchev–Trinajstić information content (AvgIpc) is 1.22. The van der Waals surface area contributed by atoms with Crippen molar-refractivity contribution in [3.05, 3.63) is 95.8 Å². The van der Waals surface area contributed by atoms with Crippen molar-refractivity contribution in [2.45, 2.75) is 198 Å². The summed E-state index contributed by atoms with van der Waals surface area (Å²) in [5.41, 5.74) is 0.299. The Kier molecular flexibility index (Phi) is 34.8. The normalized spacial score (nSPS) is 20.4. The molecule has 600 valence electrons. The van der Waals surface area contributed by atoms with Crippen molar-refractivity contribution in [2.24, 2.45) is 5.16 Å². The molecule has 10 atom stereocenters. The fraction of sp³-hybridized carbons (Fsp3) is 0.548. The van der Waals surface area contributed by atoms with Gasteiger partial charge in [-0.25, -0.2) is 25.0 Å². The fourth-order valence-corrected chi connectivity index (χ4v) is 12.6. The van der Waals surface area contributed by atoms with Crippen molar-refractivity contribution in [1.29, 1.82) is 0 Å². The number of amides is 13. The number of ether oxygens (including phenoxy) is 2. The molecule has 110 heavy (non-hydrogen) atoms. The summed E-state index contributed by atoms with van der Waals surface area (Å²) in [6.07, 6.45) is -0.183. The van der Waals surface area contributed by atoms with Gasteiger partial charge in [-0.15, -0.1) is 0 Å². The molecule has 0 spiro atoms. The number of methoxy groups -OCH3 is 1. The minimum absolute atomic E-state index is 0.0201. The van der Waals surface area contributed by atoms with Crippen LogP contribution in [0.4, 0.5) is 0 Å². The molecule has 3 aliphatic heterocycles. The Morgan fingerprint density at radius 3 is 1.83 bits per heavy atom. The van der Waals surface area contributed by atoms with Gasteiger partial charge in [-0.2, -0.15) is 0 Å². The van der Waals surface area contributed by atoms with E-state index in [4.69, 9.17) is 9.57 Å². The predicted molar refractivity (Wildman–Crippen MR) is 386 cm³/mol. The molecule has 0 aliphatic carbocycles. The third-order valence-electron chi connectivity index (χ3n) is 18.8. The SMILES string of the molecule is CC[C@H]1NC(=O)[C@@H](NC(=O)c2ncccc2O)[C@@H](C)OC(=O)[C@H](c2ccccc2)NC(=O)[C@@H]2C/C(=N/OCC(=O)N[C@@H](CCCN(O)C(C)=O)C(=O)N[C@@H](CCCN(O)C(C)=O)C(=O)N[C@@H](CCCN(O)C(C)=O)C(=O)NCCCCCC(=O)OC)CCN2C(=O)[C@H](Cc2ccccc2)N(C)C(=O)[C@@H]2CCCN2C1=O. The maximum atomic E-state index is 15.7. The number of fused-ring (bicyclic) bond motifs is 2. The second-order valence-electron chi connectivity index (χ2n) is 26.8. The first kappa shape index (κ1) is 87.7. The molecule has 0 unspecified atom stereocenters. The van der Waals surface area contributed by atoms with Gasteiger partial charge in [0.1, 0.15) is 60.2 Å². The number of nitrogens with zero attached hydrogens (tertiary/aromatic N) is 8. The summed E-state index contributed by atoms with van der Waals surface area (Å²) < 4.78 is 10.6. The molecule has 11 N–H and O–H groups in total. The average molecular weight is 1540 g/mol. The minimum Gasteiger partial charge on any atom is -0.505 e. The Bertz CT molecular complexity index is 3760. The molecule has 1 aromatic heterocycles. The van der Waals surface area contributed by atoms with Crippen molar-refractivity contribution >= 4 is 94.4 Å². The lowest BCUT2D eigenvalue weighted by molar-refractivity contribution is -0.163. The third-order valence-corrected chi connectivity index (χ3v) is 18.8. The van der Waals surface area contributed by atoms with Crippen molar-refractivity contribution in [3.63, 3.8) is 0 Å². The number of esters is 2. The van der Waals surface area contributed by atoms with E-state index in [9.17, 15) is 78.3 Å². The van der Waals surface area contributed by atoms with E-state index < -0.39 is 174 Å². The summed E-state index contributed by atoms with van der Waals surface area (Å²) in [7, 11) is 2.65. The Hall–Kier alpha value is -11.2. The number of benzene rings is 2. The Morgan fingerprint density at radius 1 is 0.682 bits per heavy atom. The van der Waals surface area contributed by atoms with E-state index in [-0.39, 0.29) is 121 Å². The molecule has 3 aliphatic rings. The molecular formula is C73H101N15O22. The number of oxime groups is 1. The summed E-state index contributed by atoms with van der Waals surface area (Å²) in [6, 6.07) is 5.38. The van der Waals surface area contributed by atoms with E-state index in [1.165, 1.54) is 66.2 Å². The van der Waals surface area contributed by atoms with Crippen LogP contribution in [0, 0.1) is 0 Å². The summed E-state index contributed by atoms with van der Waals surface area (Å²) in [5.74, 6) is -13.2. The fourth-order valence-electron chi connectivity index (χ4n) is 12.6. The highest BCUT2D eigenvalue weighted by molar-refractivity contribution is 6.02. The number of aromatic hydroxyl groups is 1. The molecule has 37 heteroatoms. The smallest absolute Gasteiger partial charge is 0.333 e. The first-order valence-corrected chi connectivity index (χ1v) is 36.5. The Balaban J connectivity index is 1.32. The predicted octanol–water partition coefficient (Wildman–Crippen LogP) is 0.365. The monoisotopic (exact) mass is 1540 g/mol. The minimum atomic E-state index is -1.82. The lowest BCUT2D eigenvalue weighted by atomic mass is 9.95. The van der Waals surface area contributed by atoms with Crippen LogP contribution in [0.1, 0.15) is 159 Å². The highest BCUT2D eigenvalue weighted by atomic mass is 16.6. The number of hydrogen-bond donors (Lipinski definition) is 11. The van der Waals surface area contributed by atoms with Gasteiger partial charge in [0.05, 0.1) is 12.8 Å². The van der Waals surface area contributed by atoms with E-state index in [2.05, 4.69) is 52.1 Å². The quantitative estimate of drug-likeness (QED) is 0.0170. The summed E-state index contributed by atoms with van der Waals surface area (Å²) in [5, 5.41) is 64.8. The number of likely N-dealkylation sites (N-methyl/N-ethyl adjacent to an activating group) is 1. The van der Waals surface area contributed by atoms with Crippen molar-refractivity contribution in [1.82, 2.24) is 72.1 Å². The van der Waals surface area contributed by atoms with Crippen LogP contribution in [0.15, 0.2) is 84.1 Å². The Labute approximate surface area is 635 Å². The number of hydroxylamine groups is 6. The molecule has 4 heterocycles. The number of carbonyl (C=O) groups excluding carboxylic acids is 15. The molecule has 0 saturated carbocycles. The first-order valence-electron chi connectivity index (χ1n) is 36.5. The molecule has 6 rings (SSSR count). The summed E-state index contributed by atoms with van der Waals surface area (Å²) in [6.45, 7) is 4.10. The molecule has 3 saturated heterocycles. The second-order valence-corrected chi connectivity index (χ2v) is 26.8. The van der Waals surface area contributed by atoms with Crippen LogP contribution in [0.2, 0.25) is 0 Å². The van der Waals surface area contributed by atoms with E-state index >= 15 is 14.4 Å². The topological polar surface area (TPSA) is 494 Å². The molecule has 37 nitrogen and oxygen atoms in total. The molecule has 0 bridgehead atoms. The van der Waals surface area contributed by atoms with Gasteiger partial charge in [-0.1, -0.05) is 79.2 Å². The van der Waals surface area contributed by atoms with Crippen LogP contribution >= 0.6 is 0 Å². The number of carbonyl (C=O) groups is 15. The number of hydrogen-bond acceptors (Lipinski definition) is 24. The number of nitrogens with one attached hydrogen (secondary N) is 7. The van der Waals surface area contributed by atoms with E-state index in [1.54, 1.807) is 55.5 Å². The van der Waals surface area contributed by atoms with Gasteiger partial charge in [-0.3, -0.25) is 82.7 Å². The standard InChI is InChI=1S/C73H101N15O22/c1-8-51-70(101)84-36-22-30-55(84)71(102)83(6)57(41-48-23-12-9-13-24-48)72(103)85-40-33-50(42-56(85)67(98)81-62(49-25-14-10-15-26-49)73(104)110-44(2)61(68(99)77-51)80-69(100)63-58(92)31-18-35-74-63)82-109-43-59(93)76-53(28-20-38-87(106)46(4)90)65(96)79-54(29-21-39-88(107)47(5)91)66(97)78-52(27-19-37-86(105)45(3)89)64(95)75-34-17-11-16-32-60(94)108-7/h9-10,12-15,18,23-26,31,35,44,51-57,61-62,92,105-107H,8,11,16-17,19-22,27-30,32-34,36-43H2,1-7H3,(H,75,95)(H,76,93)(H,77,99)(H,78,97)(H,79,96)(H,80,100)(H,81,98)/b82-50+/t44-,51-,52+,53+,54+,55+,56+,57+,61+,62+/m1/s1. The van der Waals surface area contributed by atoms with Gasteiger partial charge in [0, 0.05) is 99.0 Å². The van der Waals surface area contributed by atoms with Gasteiger partial charge in [0.15, 0.2) is 18.3 Å². The number of piperidine rings is 1. The molecule has 0 radical (unpaired) electrons. The van der Waals surface area contributed by atoms with Crippen LogP contribution in [-0.2, 0) is 87.9 Å². The number of rotatable bonds is 33. The van der Waals surface area contributed by atoms with E-state index in [1.807, 2.05) is 0 Å². The van der Waals surface area contributed by atoms with Crippen molar-refractivity contribution in [3.8, 4) is 5.75 Å². The zero-order valence-electron chi connectivity index (χ0n) is 62.8. The van der Waals surface area contributed by atoms with Crippen molar-refractivity contribution in [2.75, 3.05) is 60.0 Å². The molecule has 3 fully saturated rings. The summed E-state index contributed by atoms with van der Waals surface area (Å²) >= 11 is 0. The third kappa shape index (κ3) is 26.3. The van der Waals surface area contributed by atoms with Crippen LogP contribution in [-0.4, -0.2) is 265 Å². The molecule has 3 aromatic rings. The number of pyridine rings is 1. The van der Waals surface area contributed by atoms with Gasteiger partial charge in [0.25, 0.3) is 11.8 Å². The molecular weight excluding hydrogens is 1440 g/mol. The first-order chi connectivity index (χ1) is 52.4. The van der Waals surface area contributed by atoms with Crippen LogP contribution in [0.5, 0.6) is 5.75 Å². The number of cyclic esters (lactones) is 1. The maximum Gasteiger partial charge on any atom is 0.333 e. The van der Waals surface area contributed by atoms with Gasteiger partial charge in [0.2, 0.25) is 65.0 Å². The lowest BCUT2D eigenvalue weighted by Gasteiger charge is -2.40. The highest BCUT2D eigenvalue weighted by Crippen LogP contribution is 2.28. The number of unbranched alkanes of at least 4 members (excludes halogenated alkanes) is 2. The zero-order valence-corrected chi connectivity index (χ0v) is 62.8. The lowest BCUT2D eigenvalue weighted by Crippen LogP contribution is -2.61. The zero-order chi connectivity index (χ0) is 80.7. The van der Waals surface area contributed by atoms with Gasteiger partial charge < -0.3 is 71.3 Å². The van der Waals surface area contributed by atoms with Crippen molar-refractivity contribution < 1.29 is 107 Å². The van der Waals surface area contributed by atoms with Crippen LogP contribution in [0.3, 0.4) is 0 Å². The highest BCUT2D eigenvalue weighted by Gasteiger charge is 2.46.